The van der Waals surface area contributed by atoms with Crippen LogP contribution in [0.15, 0.2) is 72.8 Å². The molecule has 0 aliphatic rings. The van der Waals surface area contributed by atoms with E-state index in [1.54, 1.807) is 19.1 Å². The predicted molar refractivity (Wildman–Crippen MR) is 104 cm³/mol. The summed E-state index contributed by atoms with van der Waals surface area (Å²) < 4.78 is 0. The molecule has 0 saturated carbocycles. The third kappa shape index (κ3) is 5.21. The standard InChI is InChI=1S/C14H12O.C8H11NO/c1-11(15)12-7-9-14(10-8-12)13-5-3-2-4-6-13;1-2-6-3-4-7(10)5-8(6)9/h2-10H,1H3;3-5,10H,2,9H2,1H3. The number of anilines is 1. The summed E-state index contributed by atoms with van der Waals surface area (Å²) in [6.45, 7) is 3.61. The van der Waals surface area contributed by atoms with Crippen LogP contribution in [0.4, 0.5) is 5.69 Å². The summed E-state index contributed by atoms with van der Waals surface area (Å²) in [5, 5.41) is 8.95. The van der Waals surface area contributed by atoms with E-state index < -0.39 is 0 Å². The average Bonchev–Trinajstić information content (AvgIpc) is 2.63. The molecule has 128 valence electrons. The molecule has 0 aliphatic carbocycles. The van der Waals surface area contributed by atoms with Gasteiger partial charge in [0.05, 0.1) is 0 Å². The van der Waals surface area contributed by atoms with Gasteiger partial charge in [-0.3, -0.25) is 4.79 Å². The lowest BCUT2D eigenvalue weighted by Crippen LogP contribution is -1.90. The lowest BCUT2D eigenvalue weighted by atomic mass is 10.0. The number of aromatic hydroxyl groups is 1. The number of hydrogen-bond donors (Lipinski definition) is 2. The summed E-state index contributed by atoms with van der Waals surface area (Å²) >= 11 is 0. The number of aryl methyl sites for hydroxylation is 1. The van der Waals surface area contributed by atoms with Crippen molar-refractivity contribution in [2.75, 3.05) is 5.73 Å². The maximum Gasteiger partial charge on any atom is 0.159 e. The number of nitrogens with two attached hydrogens (primary N) is 1. The first-order valence-corrected chi connectivity index (χ1v) is 8.25. The average molecular weight is 333 g/mol. The monoisotopic (exact) mass is 333 g/mol. The summed E-state index contributed by atoms with van der Waals surface area (Å²) in [6.07, 6.45) is 0.909. The number of nitrogen functional groups attached to an aromatic ring is 1. The molecule has 0 aromatic heterocycles. The smallest absolute Gasteiger partial charge is 0.159 e. The fraction of sp³-hybridized carbons (Fsp3) is 0.136. The largest absolute Gasteiger partial charge is 0.508 e. The maximum atomic E-state index is 11.1. The molecule has 3 heteroatoms. The van der Waals surface area contributed by atoms with Gasteiger partial charge in [-0.25, -0.2) is 0 Å². The van der Waals surface area contributed by atoms with Crippen LogP contribution in [0.25, 0.3) is 11.1 Å². The Morgan fingerprint density at radius 1 is 0.920 bits per heavy atom. The van der Waals surface area contributed by atoms with E-state index in [2.05, 4.69) is 12.1 Å². The van der Waals surface area contributed by atoms with Gasteiger partial charge in [0, 0.05) is 17.3 Å². The van der Waals surface area contributed by atoms with Gasteiger partial charge in [0.15, 0.2) is 5.78 Å². The van der Waals surface area contributed by atoms with E-state index in [4.69, 9.17) is 10.8 Å². The van der Waals surface area contributed by atoms with E-state index in [-0.39, 0.29) is 11.5 Å². The quantitative estimate of drug-likeness (QED) is 0.518. The molecule has 3 N–H and O–H groups in total. The van der Waals surface area contributed by atoms with Crippen LogP contribution >= 0.6 is 0 Å². The zero-order chi connectivity index (χ0) is 18.2. The van der Waals surface area contributed by atoms with E-state index in [1.807, 2.05) is 55.5 Å². The Labute approximate surface area is 148 Å². The molecule has 0 radical (unpaired) electrons. The van der Waals surface area contributed by atoms with Crippen molar-refractivity contribution < 1.29 is 9.90 Å². The zero-order valence-corrected chi connectivity index (χ0v) is 14.6. The second-order valence-electron chi connectivity index (χ2n) is 5.74. The Kier molecular flexibility index (Phi) is 6.35. The number of phenols is 1. The van der Waals surface area contributed by atoms with Crippen molar-refractivity contribution in [2.24, 2.45) is 0 Å². The second kappa shape index (κ2) is 8.69. The fourth-order valence-electron chi connectivity index (χ4n) is 2.43. The summed E-state index contributed by atoms with van der Waals surface area (Å²) in [5.74, 6) is 0.337. The van der Waals surface area contributed by atoms with Crippen molar-refractivity contribution in [1.29, 1.82) is 0 Å². The van der Waals surface area contributed by atoms with Crippen LogP contribution in [-0.2, 0) is 6.42 Å². The molecule has 3 rings (SSSR count). The minimum absolute atomic E-state index is 0.106. The van der Waals surface area contributed by atoms with E-state index in [0.29, 0.717) is 5.69 Å². The topological polar surface area (TPSA) is 63.3 Å². The first kappa shape index (κ1) is 18.3. The van der Waals surface area contributed by atoms with Crippen LogP contribution in [0.3, 0.4) is 0 Å². The SMILES string of the molecule is CC(=O)c1ccc(-c2ccccc2)cc1.CCc1ccc(O)cc1N. The van der Waals surface area contributed by atoms with Gasteiger partial charge in [-0.2, -0.15) is 0 Å². The van der Waals surface area contributed by atoms with Gasteiger partial charge in [0.1, 0.15) is 5.75 Å². The van der Waals surface area contributed by atoms with Gasteiger partial charge in [0.25, 0.3) is 0 Å². The Bertz CT molecular complexity index is 824. The molecule has 3 aromatic carbocycles. The number of rotatable bonds is 3. The summed E-state index contributed by atoms with van der Waals surface area (Å²) in [4.78, 5) is 11.1. The zero-order valence-electron chi connectivity index (χ0n) is 14.6. The van der Waals surface area contributed by atoms with Crippen molar-refractivity contribution in [1.82, 2.24) is 0 Å². The third-order valence-electron chi connectivity index (χ3n) is 3.91. The highest BCUT2D eigenvalue weighted by Gasteiger charge is 2.00. The van der Waals surface area contributed by atoms with Crippen molar-refractivity contribution >= 4 is 11.5 Å². The molecular weight excluding hydrogens is 310 g/mol. The molecule has 3 nitrogen and oxygen atoms in total. The van der Waals surface area contributed by atoms with Crippen LogP contribution in [0, 0.1) is 0 Å². The molecule has 0 unspecified atom stereocenters. The van der Waals surface area contributed by atoms with E-state index >= 15 is 0 Å². The number of ketones is 1. The molecule has 0 saturated heterocycles. The number of phenolic OH excluding ortho intramolecular Hbond substituents is 1. The molecule has 0 heterocycles. The number of benzene rings is 3. The molecule has 0 fully saturated rings. The van der Waals surface area contributed by atoms with E-state index in [1.165, 1.54) is 5.56 Å². The molecule has 3 aromatic rings. The third-order valence-corrected chi connectivity index (χ3v) is 3.91. The van der Waals surface area contributed by atoms with Crippen molar-refractivity contribution in [3.63, 3.8) is 0 Å². The highest BCUT2D eigenvalue weighted by atomic mass is 16.3. The van der Waals surface area contributed by atoms with Crippen LogP contribution in [0.5, 0.6) is 5.75 Å². The van der Waals surface area contributed by atoms with E-state index in [0.717, 1.165) is 23.1 Å². The first-order chi connectivity index (χ1) is 12.0. The van der Waals surface area contributed by atoms with Crippen LogP contribution < -0.4 is 5.73 Å². The summed E-state index contributed by atoms with van der Waals surface area (Å²) in [5.41, 5.74) is 10.4. The van der Waals surface area contributed by atoms with Gasteiger partial charge in [-0.15, -0.1) is 0 Å². The fourth-order valence-corrected chi connectivity index (χ4v) is 2.43. The maximum absolute atomic E-state index is 11.1. The Morgan fingerprint density at radius 2 is 1.52 bits per heavy atom. The van der Waals surface area contributed by atoms with Gasteiger partial charge < -0.3 is 10.8 Å². The van der Waals surface area contributed by atoms with Crippen molar-refractivity contribution in [3.8, 4) is 16.9 Å². The number of hydrogen-bond acceptors (Lipinski definition) is 3. The molecule has 25 heavy (non-hydrogen) atoms. The lowest BCUT2D eigenvalue weighted by molar-refractivity contribution is 0.101. The normalized spacial score (nSPS) is 9.84. The minimum atomic E-state index is 0.106. The van der Waals surface area contributed by atoms with Gasteiger partial charge >= 0.3 is 0 Å². The molecule has 0 atom stereocenters. The molecule has 0 aliphatic heterocycles. The Balaban J connectivity index is 0.000000196. The van der Waals surface area contributed by atoms with Crippen LogP contribution in [0.1, 0.15) is 29.8 Å². The molecular formula is C22H23NO2. The Morgan fingerprint density at radius 3 is 2.04 bits per heavy atom. The Hall–Kier alpha value is -3.07. The molecule has 0 amide bonds. The highest BCUT2D eigenvalue weighted by Crippen LogP contribution is 2.19. The van der Waals surface area contributed by atoms with Gasteiger partial charge in [-0.05, 0) is 36.1 Å². The van der Waals surface area contributed by atoms with Crippen molar-refractivity contribution in [3.05, 3.63) is 83.9 Å². The highest BCUT2D eigenvalue weighted by molar-refractivity contribution is 5.94. The molecule has 0 spiro atoms. The van der Waals surface area contributed by atoms with Gasteiger partial charge in [-0.1, -0.05) is 67.6 Å². The minimum Gasteiger partial charge on any atom is -0.508 e. The first-order valence-electron chi connectivity index (χ1n) is 8.25. The predicted octanol–water partition coefficient (Wildman–Crippen LogP) is 5.09. The van der Waals surface area contributed by atoms with Crippen LogP contribution in [-0.4, -0.2) is 10.9 Å². The second-order valence-corrected chi connectivity index (χ2v) is 5.74. The summed E-state index contributed by atoms with van der Waals surface area (Å²) in [7, 11) is 0. The number of carbonyl (C=O) groups is 1. The number of Topliss-reactive ketones (excluding diaryl/α,β-unsaturated/α-hetero) is 1. The number of carbonyl (C=O) groups excluding carboxylic acids is 1. The lowest BCUT2D eigenvalue weighted by Gasteiger charge is -2.01. The van der Waals surface area contributed by atoms with E-state index in [9.17, 15) is 4.79 Å². The van der Waals surface area contributed by atoms with Crippen molar-refractivity contribution in [2.45, 2.75) is 20.3 Å². The van der Waals surface area contributed by atoms with Crippen LogP contribution in [0.2, 0.25) is 0 Å². The summed E-state index contributed by atoms with van der Waals surface area (Å²) in [6, 6.07) is 22.9. The van der Waals surface area contributed by atoms with Gasteiger partial charge in [0.2, 0.25) is 0 Å². The molecule has 0 bridgehead atoms.